The van der Waals surface area contributed by atoms with E-state index in [1.54, 1.807) is 4.90 Å². The molecule has 1 unspecified atom stereocenters. The number of para-hydroxylation sites is 1. The van der Waals surface area contributed by atoms with E-state index in [0.29, 0.717) is 13.2 Å². The lowest BCUT2D eigenvalue weighted by Crippen LogP contribution is -2.38. The normalized spacial score (nSPS) is 16.5. The highest BCUT2D eigenvalue weighted by molar-refractivity contribution is 9.10. The van der Waals surface area contributed by atoms with Gasteiger partial charge < -0.3 is 9.64 Å². The molecule has 0 saturated carbocycles. The number of nitrogens with zero attached hydrogens (tertiary/aromatic N) is 1. The van der Waals surface area contributed by atoms with Crippen molar-refractivity contribution in [1.82, 2.24) is 4.90 Å². The van der Waals surface area contributed by atoms with Gasteiger partial charge in [-0.3, -0.25) is 4.79 Å². The zero-order chi connectivity index (χ0) is 15.5. The van der Waals surface area contributed by atoms with Crippen LogP contribution in [0.4, 0.5) is 0 Å². The van der Waals surface area contributed by atoms with Crippen LogP contribution in [-0.2, 0) is 17.8 Å². The molecule has 1 amide bonds. The minimum Gasteiger partial charge on any atom is -0.492 e. The Morgan fingerprint density at radius 1 is 1.23 bits per heavy atom. The molecule has 0 aliphatic carbocycles. The third-order valence-electron chi connectivity index (χ3n) is 3.97. The second-order valence-electron chi connectivity index (χ2n) is 5.61. The van der Waals surface area contributed by atoms with Gasteiger partial charge in [-0.2, -0.15) is 0 Å². The number of hydrogen-bond donors (Lipinski definition) is 0. The molecule has 3 rings (SSSR count). The Kier molecular flexibility index (Phi) is 4.48. The van der Waals surface area contributed by atoms with Gasteiger partial charge in [0.1, 0.15) is 12.4 Å². The van der Waals surface area contributed by atoms with Gasteiger partial charge in [-0.25, -0.2) is 0 Å². The molecule has 2 aromatic carbocycles. The predicted molar refractivity (Wildman–Crippen MR) is 89.7 cm³/mol. The van der Waals surface area contributed by atoms with Crippen molar-refractivity contribution in [2.75, 3.05) is 13.7 Å². The summed E-state index contributed by atoms with van der Waals surface area (Å²) in [6.45, 7) is 1.05. The molecule has 0 radical (unpaired) electrons. The summed E-state index contributed by atoms with van der Waals surface area (Å²) in [5.74, 6) is 0.924. The van der Waals surface area contributed by atoms with E-state index in [0.717, 1.165) is 27.8 Å². The standard InChI is InChI=1S/C18H18BrNO2/c1-20(11-14-7-2-4-8-16(14)19)18(21)15-10-13-6-3-5-9-17(13)22-12-15/h2-9,15H,10-12H2,1H3. The fourth-order valence-electron chi connectivity index (χ4n) is 2.76. The van der Waals surface area contributed by atoms with Gasteiger partial charge in [0.15, 0.2) is 0 Å². The average Bonchev–Trinajstić information content (AvgIpc) is 2.55. The Hall–Kier alpha value is -1.81. The van der Waals surface area contributed by atoms with E-state index in [-0.39, 0.29) is 11.8 Å². The number of fused-ring (bicyclic) bond motifs is 1. The van der Waals surface area contributed by atoms with Gasteiger partial charge in [0.2, 0.25) is 5.91 Å². The lowest BCUT2D eigenvalue weighted by Gasteiger charge is -2.28. The van der Waals surface area contributed by atoms with Crippen LogP contribution in [0, 0.1) is 5.92 Å². The first-order chi connectivity index (χ1) is 10.6. The fraction of sp³-hybridized carbons (Fsp3) is 0.278. The number of carbonyl (C=O) groups is 1. The van der Waals surface area contributed by atoms with Crippen LogP contribution in [0.2, 0.25) is 0 Å². The maximum absolute atomic E-state index is 12.7. The van der Waals surface area contributed by atoms with Gasteiger partial charge in [-0.05, 0) is 29.7 Å². The second-order valence-corrected chi connectivity index (χ2v) is 6.46. The summed E-state index contributed by atoms with van der Waals surface area (Å²) in [4.78, 5) is 14.4. The molecule has 1 heterocycles. The molecule has 0 N–H and O–H groups in total. The highest BCUT2D eigenvalue weighted by Crippen LogP contribution is 2.28. The van der Waals surface area contributed by atoms with Crippen molar-refractivity contribution >= 4 is 21.8 Å². The van der Waals surface area contributed by atoms with Crippen molar-refractivity contribution in [3.8, 4) is 5.75 Å². The number of hydrogen-bond acceptors (Lipinski definition) is 2. The highest BCUT2D eigenvalue weighted by atomic mass is 79.9. The SMILES string of the molecule is CN(Cc1ccccc1Br)C(=O)C1COc2ccccc2C1. The molecular formula is C18H18BrNO2. The second kappa shape index (κ2) is 6.53. The zero-order valence-corrected chi connectivity index (χ0v) is 14.0. The van der Waals surface area contributed by atoms with Crippen molar-refractivity contribution in [2.45, 2.75) is 13.0 Å². The van der Waals surface area contributed by atoms with E-state index in [1.807, 2.05) is 55.6 Å². The van der Waals surface area contributed by atoms with E-state index in [1.165, 1.54) is 0 Å². The Morgan fingerprint density at radius 2 is 1.95 bits per heavy atom. The molecular weight excluding hydrogens is 342 g/mol. The molecule has 1 aliphatic heterocycles. The Balaban J connectivity index is 1.68. The first kappa shape index (κ1) is 15.1. The molecule has 0 saturated heterocycles. The summed E-state index contributed by atoms with van der Waals surface area (Å²) in [5, 5.41) is 0. The van der Waals surface area contributed by atoms with Crippen molar-refractivity contribution in [1.29, 1.82) is 0 Å². The van der Waals surface area contributed by atoms with Crippen LogP contribution in [0.5, 0.6) is 5.75 Å². The number of rotatable bonds is 3. The van der Waals surface area contributed by atoms with E-state index in [2.05, 4.69) is 15.9 Å². The molecule has 114 valence electrons. The molecule has 22 heavy (non-hydrogen) atoms. The molecule has 0 aromatic heterocycles. The first-order valence-corrected chi connectivity index (χ1v) is 8.13. The molecule has 3 nitrogen and oxygen atoms in total. The summed E-state index contributed by atoms with van der Waals surface area (Å²) < 4.78 is 6.75. The molecule has 1 atom stereocenters. The van der Waals surface area contributed by atoms with Gasteiger partial charge in [0, 0.05) is 18.1 Å². The van der Waals surface area contributed by atoms with Gasteiger partial charge in [-0.15, -0.1) is 0 Å². The van der Waals surface area contributed by atoms with E-state index in [9.17, 15) is 4.79 Å². The van der Waals surface area contributed by atoms with Crippen LogP contribution in [-0.4, -0.2) is 24.5 Å². The maximum atomic E-state index is 12.7. The summed E-state index contributed by atoms with van der Waals surface area (Å²) in [5.41, 5.74) is 2.22. The van der Waals surface area contributed by atoms with Gasteiger partial charge in [0.05, 0.1) is 5.92 Å². The van der Waals surface area contributed by atoms with Gasteiger partial charge in [-0.1, -0.05) is 52.3 Å². The number of ether oxygens (including phenoxy) is 1. The smallest absolute Gasteiger partial charge is 0.229 e. The van der Waals surface area contributed by atoms with Crippen LogP contribution in [0.3, 0.4) is 0 Å². The molecule has 2 aromatic rings. The third kappa shape index (κ3) is 3.17. The average molecular weight is 360 g/mol. The number of halogens is 1. The number of carbonyl (C=O) groups excluding carboxylic acids is 1. The molecule has 1 aliphatic rings. The molecule has 0 spiro atoms. The Labute approximate surface area is 139 Å². The number of amides is 1. The largest absolute Gasteiger partial charge is 0.492 e. The third-order valence-corrected chi connectivity index (χ3v) is 4.74. The van der Waals surface area contributed by atoms with Crippen LogP contribution in [0.25, 0.3) is 0 Å². The topological polar surface area (TPSA) is 29.5 Å². The van der Waals surface area contributed by atoms with Crippen LogP contribution >= 0.6 is 15.9 Å². The van der Waals surface area contributed by atoms with Crippen molar-refractivity contribution in [3.63, 3.8) is 0 Å². The lowest BCUT2D eigenvalue weighted by atomic mass is 9.95. The summed E-state index contributed by atoms with van der Waals surface area (Å²) >= 11 is 3.53. The summed E-state index contributed by atoms with van der Waals surface area (Å²) in [6.07, 6.45) is 0.745. The number of benzene rings is 2. The fourth-order valence-corrected chi connectivity index (χ4v) is 3.17. The Bertz CT molecular complexity index is 686. The molecule has 0 bridgehead atoms. The molecule has 0 fully saturated rings. The van der Waals surface area contributed by atoms with E-state index >= 15 is 0 Å². The predicted octanol–water partition coefficient (Wildman–Crippen LogP) is 3.66. The Morgan fingerprint density at radius 3 is 2.77 bits per heavy atom. The van der Waals surface area contributed by atoms with Crippen molar-refractivity contribution in [3.05, 3.63) is 64.1 Å². The quantitative estimate of drug-likeness (QED) is 0.836. The van der Waals surface area contributed by atoms with Crippen molar-refractivity contribution < 1.29 is 9.53 Å². The van der Waals surface area contributed by atoms with Gasteiger partial charge in [0.25, 0.3) is 0 Å². The monoisotopic (exact) mass is 359 g/mol. The molecule has 4 heteroatoms. The van der Waals surface area contributed by atoms with Crippen LogP contribution in [0.1, 0.15) is 11.1 Å². The lowest BCUT2D eigenvalue weighted by molar-refractivity contribution is -0.136. The van der Waals surface area contributed by atoms with Crippen molar-refractivity contribution in [2.24, 2.45) is 5.92 Å². The summed E-state index contributed by atoms with van der Waals surface area (Å²) in [7, 11) is 1.85. The first-order valence-electron chi connectivity index (χ1n) is 7.34. The maximum Gasteiger partial charge on any atom is 0.229 e. The highest BCUT2D eigenvalue weighted by Gasteiger charge is 2.28. The zero-order valence-electron chi connectivity index (χ0n) is 12.5. The van der Waals surface area contributed by atoms with E-state index in [4.69, 9.17) is 4.74 Å². The minimum absolute atomic E-state index is 0.109. The minimum atomic E-state index is -0.109. The summed E-state index contributed by atoms with van der Waals surface area (Å²) in [6, 6.07) is 15.9. The van der Waals surface area contributed by atoms with E-state index < -0.39 is 0 Å². The van der Waals surface area contributed by atoms with Crippen LogP contribution < -0.4 is 4.74 Å². The van der Waals surface area contributed by atoms with Crippen LogP contribution in [0.15, 0.2) is 53.0 Å². The van der Waals surface area contributed by atoms with Gasteiger partial charge >= 0.3 is 0 Å².